The third kappa shape index (κ3) is 4.59. The van der Waals surface area contributed by atoms with Gasteiger partial charge in [0, 0.05) is 32.2 Å². The van der Waals surface area contributed by atoms with Crippen LogP contribution in [-0.2, 0) is 0 Å². The number of nitrogens with zero attached hydrogens (tertiary/aromatic N) is 1. The van der Waals surface area contributed by atoms with E-state index in [0.29, 0.717) is 12.0 Å². The van der Waals surface area contributed by atoms with Crippen molar-refractivity contribution in [3.8, 4) is 11.5 Å². The van der Waals surface area contributed by atoms with Gasteiger partial charge in [0.15, 0.2) is 0 Å². The lowest BCUT2D eigenvalue weighted by molar-refractivity contribution is 0.154. The van der Waals surface area contributed by atoms with E-state index in [1.54, 1.807) is 0 Å². The van der Waals surface area contributed by atoms with Crippen LogP contribution in [0, 0.1) is 5.92 Å². The molecule has 2 aromatic carbocycles. The Balaban J connectivity index is 1.80. The molecule has 0 unspecified atom stereocenters. The highest BCUT2D eigenvalue weighted by molar-refractivity contribution is 5.35. The summed E-state index contributed by atoms with van der Waals surface area (Å²) in [5, 5.41) is 3.45. The summed E-state index contributed by atoms with van der Waals surface area (Å²) in [6, 6.07) is 19.1. The monoisotopic (exact) mass is 324 g/mol. The molecule has 1 aliphatic rings. The zero-order valence-electron chi connectivity index (χ0n) is 14.7. The van der Waals surface area contributed by atoms with Crippen LogP contribution in [0.15, 0.2) is 54.6 Å². The van der Waals surface area contributed by atoms with Gasteiger partial charge in [-0.25, -0.2) is 0 Å². The van der Waals surface area contributed by atoms with E-state index in [0.717, 1.165) is 37.7 Å². The zero-order valence-corrected chi connectivity index (χ0v) is 14.7. The van der Waals surface area contributed by atoms with E-state index in [1.807, 2.05) is 36.4 Å². The molecule has 2 aromatic rings. The van der Waals surface area contributed by atoms with Crippen LogP contribution in [-0.4, -0.2) is 31.1 Å². The van der Waals surface area contributed by atoms with Crippen molar-refractivity contribution in [2.45, 2.75) is 26.3 Å². The van der Waals surface area contributed by atoms with Crippen LogP contribution in [0.3, 0.4) is 0 Å². The van der Waals surface area contributed by atoms with E-state index in [2.05, 4.69) is 42.3 Å². The Morgan fingerprint density at radius 1 is 0.958 bits per heavy atom. The maximum atomic E-state index is 6.03. The van der Waals surface area contributed by atoms with Gasteiger partial charge in [0.1, 0.15) is 11.5 Å². The van der Waals surface area contributed by atoms with Crippen molar-refractivity contribution in [1.29, 1.82) is 0 Å². The first kappa shape index (κ1) is 17.0. The molecule has 1 fully saturated rings. The number of piperazine rings is 1. The average molecular weight is 324 g/mol. The Morgan fingerprint density at radius 2 is 1.67 bits per heavy atom. The Labute approximate surface area is 145 Å². The number of benzene rings is 2. The number of ether oxygens (including phenoxy) is 1. The summed E-state index contributed by atoms with van der Waals surface area (Å²) in [5.41, 5.74) is 1.36. The Bertz CT molecular complexity index is 621. The number of hydrogen-bond acceptors (Lipinski definition) is 3. The summed E-state index contributed by atoms with van der Waals surface area (Å²) in [6.07, 6.45) is 1.18. The normalized spacial score (nSPS) is 17.0. The molecule has 0 aromatic heterocycles. The van der Waals surface area contributed by atoms with Gasteiger partial charge in [-0.2, -0.15) is 0 Å². The third-order valence-electron chi connectivity index (χ3n) is 4.51. The number of para-hydroxylation sites is 1. The molecule has 1 heterocycles. The van der Waals surface area contributed by atoms with Gasteiger partial charge in [-0.15, -0.1) is 0 Å². The highest BCUT2D eigenvalue weighted by Gasteiger charge is 2.23. The van der Waals surface area contributed by atoms with Crippen molar-refractivity contribution in [2.24, 2.45) is 5.92 Å². The fourth-order valence-corrected chi connectivity index (χ4v) is 3.35. The predicted octanol–water partition coefficient (Wildman–Crippen LogP) is 4.47. The molecule has 0 amide bonds. The van der Waals surface area contributed by atoms with Gasteiger partial charge in [0.05, 0.1) is 0 Å². The summed E-state index contributed by atoms with van der Waals surface area (Å²) < 4.78 is 6.03. The molecule has 3 nitrogen and oxygen atoms in total. The van der Waals surface area contributed by atoms with Gasteiger partial charge in [-0.05, 0) is 42.2 Å². The van der Waals surface area contributed by atoms with Crippen LogP contribution >= 0.6 is 0 Å². The van der Waals surface area contributed by atoms with E-state index < -0.39 is 0 Å². The van der Waals surface area contributed by atoms with Gasteiger partial charge < -0.3 is 10.1 Å². The van der Waals surface area contributed by atoms with Gasteiger partial charge >= 0.3 is 0 Å². The molecule has 1 saturated heterocycles. The molecule has 0 bridgehead atoms. The fraction of sp³-hybridized carbons (Fsp3) is 0.429. The molecule has 0 spiro atoms. The highest BCUT2D eigenvalue weighted by atomic mass is 16.5. The van der Waals surface area contributed by atoms with Crippen molar-refractivity contribution in [1.82, 2.24) is 10.2 Å². The van der Waals surface area contributed by atoms with E-state index in [1.165, 1.54) is 12.0 Å². The first-order valence-electron chi connectivity index (χ1n) is 9.00. The smallest absolute Gasteiger partial charge is 0.127 e. The van der Waals surface area contributed by atoms with E-state index in [9.17, 15) is 0 Å². The molecular weight excluding hydrogens is 296 g/mol. The molecule has 128 valence electrons. The molecule has 1 atom stereocenters. The minimum Gasteiger partial charge on any atom is -0.457 e. The van der Waals surface area contributed by atoms with Crippen LogP contribution in [0.25, 0.3) is 0 Å². The van der Waals surface area contributed by atoms with E-state index in [4.69, 9.17) is 4.74 Å². The lowest BCUT2D eigenvalue weighted by atomic mass is 9.95. The molecule has 0 aliphatic carbocycles. The second kappa shape index (κ2) is 8.32. The molecule has 0 saturated carbocycles. The standard InChI is InChI=1S/C21H28N2O/c1-17(2)15-21(23-13-11-22-12-14-23)18-7-6-10-20(16-18)24-19-8-4-3-5-9-19/h3-10,16-17,21-22H,11-15H2,1-2H3/t21-/m1/s1. The van der Waals surface area contributed by atoms with Crippen molar-refractivity contribution in [2.75, 3.05) is 26.2 Å². The predicted molar refractivity (Wildman–Crippen MR) is 99.6 cm³/mol. The SMILES string of the molecule is CC(C)C[C@H](c1cccc(Oc2ccccc2)c1)N1CCNCC1. The molecule has 24 heavy (non-hydrogen) atoms. The van der Waals surface area contributed by atoms with E-state index in [-0.39, 0.29) is 0 Å². The summed E-state index contributed by atoms with van der Waals surface area (Å²) >= 11 is 0. The summed E-state index contributed by atoms with van der Waals surface area (Å²) in [7, 11) is 0. The van der Waals surface area contributed by atoms with Crippen LogP contribution < -0.4 is 10.1 Å². The second-order valence-corrected chi connectivity index (χ2v) is 6.92. The van der Waals surface area contributed by atoms with Crippen LogP contribution in [0.5, 0.6) is 11.5 Å². The first-order chi connectivity index (χ1) is 11.7. The first-order valence-corrected chi connectivity index (χ1v) is 9.00. The maximum Gasteiger partial charge on any atom is 0.127 e. The van der Waals surface area contributed by atoms with Crippen molar-refractivity contribution in [3.05, 3.63) is 60.2 Å². The average Bonchev–Trinajstić information content (AvgIpc) is 2.61. The minimum atomic E-state index is 0.464. The number of rotatable bonds is 6. The van der Waals surface area contributed by atoms with Crippen LogP contribution in [0.1, 0.15) is 31.9 Å². The minimum absolute atomic E-state index is 0.464. The van der Waals surface area contributed by atoms with Gasteiger partial charge in [0.2, 0.25) is 0 Å². The Morgan fingerprint density at radius 3 is 2.38 bits per heavy atom. The Kier molecular flexibility index (Phi) is 5.89. The van der Waals surface area contributed by atoms with Crippen molar-refractivity contribution in [3.63, 3.8) is 0 Å². The van der Waals surface area contributed by atoms with Crippen molar-refractivity contribution >= 4 is 0 Å². The molecule has 1 N–H and O–H groups in total. The third-order valence-corrected chi connectivity index (χ3v) is 4.51. The van der Waals surface area contributed by atoms with Crippen LogP contribution in [0.4, 0.5) is 0 Å². The van der Waals surface area contributed by atoms with E-state index >= 15 is 0 Å². The lowest BCUT2D eigenvalue weighted by Crippen LogP contribution is -2.45. The highest BCUT2D eigenvalue weighted by Crippen LogP contribution is 2.31. The summed E-state index contributed by atoms with van der Waals surface area (Å²) in [6.45, 7) is 8.99. The maximum absolute atomic E-state index is 6.03. The molecule has 3 rings (SSSR count). The molecular formula is C21H28N2O. The Hall–Kier alpha value is -1.84. The lowest BCUT2D eigenvalue weighted by Gasteiger charge is -2.36. The fourth-order valence-electron chi connectivity index (χ4n) is 3.35. The topological polar surface area (TPSA) is 24.5 Å². The quantitative estimate of drug-likeness (QED) is 0.848. The van der Waals surface area contributed by atoms with Gasteiger partial charge in [-0.1, -0.05) is 44.2 Å². The number of nitrogens with one attached hydrogen (secondary N) is 1. The van der Waals surface area contributed by atoms with Crippen molar-refractivity contribution < 1.29 is 4.74 Å². The summed E-state index contributed by atoms with van der Waals surface area (Å²) in [5.74, 6) is 2.48. The van der Waals surface area contributed by atoms with Gasteiger partial charge in [-0.3, -0.25) is 4.90 Å². The molecule has 1 aliphatic heterocycles. The molecule has 3 heteroatoms. The molecule has 0 radical (unpaired) electrons. The van der Waals surface area contributed by atoms with Gasteiger partial charge in [0.25, 0.3) is 0 Å². The second-order valence-electron chi connectivity index (χ2n) is 6.92. The largest absolute Gasteiger partial charge is 0.457 e. The zero-order chi connectivity index (χ0) is 16.8. The van der Waals surface area contributed by atoms with Crippen LogP contribution in [0.2, 0.25) is 0 Å². The summed E-state index contributed by atoms with van der Waals surface area (Å²) in [4.78, 5) is 2.61. The number of hydrogen-bond donors (Lipinski definition) is 1.